The molecule has 0 bridgehead atoms. The van der Waals surface area contributed by atoms with Crippen molar-refractivity contribution >= 4 is 0 Å². The van der Waals surface area contributed by atoms with Gasteiger partial charge < -0.3 is 15.4 Å². The maximum absolute atomic E-state index is 6.17. The van der Waals surface area contributed by atoms with Crippen LogP contribution in [0, 0.1) is 0 Å². The minimum Gasteiger partial charge on any atom is -0.379 e. The quantitative estimate of drug-likeness (QED) is 0.745. The van der Waals surface area contributed by atoms with Crippen molar-refractivity contribution in [2.45, 2.75) is 64.3 Å². The molecular formula is C15H31N3O. The van der Waals surface area contributed by atoms with E-state index in [1.807, 2.05) is 0 Å². The van der Waals surface area contributed by atoms with E-state index in [2.05, 4.69) is 23.6 Å². The van der Waals surface area contributed by atoms with E-state index in [-0.39, 0.29) is 0 Å². The molecule has 2 saturated heterocycles. The Morgan fingerprint density at radius 2 is 1.89 bits per heavy atom. The molecule has 0 aliphatic carbocycles. The molecule has 0 aromatic carbocycles. The summed E-state index contributed by atoms with van der Waals surface area (Å²) in [6.07, 6.45) is 6.91. The lowest BCUT2D eigenvalue weighted by Gasteiger charge is -2.38. The average molecular weight is 269 g/mol. The number of piperidine rings is 1. The van der Waals surface area contributed by atoms with Gasteiger partial charge in [-0.2, -0.15) is 0 Å². The van der Waals surface area contributed by atoms with Gasteiger partial charge in [-0.15, -0.1) is 0 Å². The molecule has 0 saturated carbocycles. The fourth-order valence-electron chi connectivity index (χ4n) is 3.35. The van der Waals surface area contributed by atoms with Crippen LogP contribution in [0.3, 0.4) is 0 Å². The third-order valence-electron chi connectivity index (χ3n) is 4.44. The van der Waals surface area contributed by atoms with E-state index in [0.717, 1.165) is 19.1 Å². The molecule has 4 heteroatoms. The Labute approximate surface area is 118 Å². The van der Waals surface area contributed by atoms with Crippen molar-refractivity contribution in [1.82, 2.24) is 9.80 Å². The zero-order chi connectivity index (χ0) is 13.7. The summed E-state index contributed by atoms with van der Waals surface area (Å²) >= 11 is 0. The van der Waals surface area contributed by atoms with Gasteiger partial charge in [0, 0.05) is 25.7 Å². The van der Waals surface area contributed by atoms with Crippen LogP contribution in [0.5, 0.6) is 0 Å². The first-order chi connectivity index (χ1) is 9.16. The molecule has 2 aliphatic heterocycles. The first-order valence-corrected chi connectivity index (χ1v) is 8.02. The average Bonchev–Trinajstić information content (AvgIpc) is 2.81. The Hall–Kier alpha value is -0.160. The maximum Gasteiger partial charge on any atom is 0.0574 e. The highest BCUT2D eigenvalue weighted by Crippen LogP contribution is 2.23. The molecule has 0 radical (unpaired) electrons. The van der Waals surface area contributed by atoms with E-state index < -0.39 is 0 Å². The van der Waals surface area contributed by atoms with Gasteiger partial charge in [0.2, 0.25) is 0 Å². The van der Waals surface area contributed by atoms with Crippen molar-refractivity contribution in [3.05, 3.63) is 0 Å². The third-order valence-corrected chi connectivity index (χ3v) is 4.44. The Kier molecular flexibility index (Phi) is 6.07. The van der Waals surface area contributed by atoms with Gasteiger partial charge in [-0.05, 0) is 59.0 Å². The Morgan fingerprint density at radius 3 is 2.47 bits per heavy atom. The van der Waals surface area contributed by atoms with Gasteiger partial charge in [0.25, 0.3) is 0 Å². The van der Waals surface area contributed by atoms with Crippen molar-refractivity contribution in [3.63, 3.8) is 0 Å². The summed E-state index contributed by atoms with van der Waals surface area (Å²) in [7, 11) is 0. The van der Waals surface area contributed by atoms with Crippen LogP contribution in [0.1, 0.15) is 46.0 Å². The molecular weight excluding hydrogens is 238 g/mol. The van der Waals surface area contributed by atoms with E-state index in [9.17, 15) is 0 Å². The maximum atomic E-state index is 6.17. The fraction of sp³-hybridized carbons (Fsp3) is 1.00. The van der Waals surface area contributed by atoms with Gasteiger partial charge in [-0.3, -0.25) is 4.90 Å². The van der Waals surface area contributed by atoms with Crippen LogP contribution in [0.25, 0.3) is 0 Å². The number of likely N-dealkylation sites (tertiary alicyclic amines) is 2. The van der Waals surface area contributed by atoms with Crippen LogP contribution >= 0.6 is 0 Å². The standard InChI is InChI=1S/C15H31N3O/c1-13(2)19-12-4-8-17-10-6-14(7-11-17)18-9-3-5-15(18)16/h13-15H,3-12,16H2,1-2H3/t15-/m0/s1. The lowest BCUT2D eigenvalue weighted by molar-refractivity contribution is 0.0611. The Bertz CT molecular complexity index is 252. The summed E-state index contributed by atoms with van der Waals surface area (Å²) in [5, 5.41) is 0. The number of nitrogens with two attached hydrogens (primary N) is 1. The second-order valence-corrected chi connectivity index (χ2v) is 6.29. The second kappa shape index (κ2) is 7.58. The minimum atomic E-state index is 0.330. The Balaban J connectivity index is 1.60. The molecule has 2 heterocycles. The molecule has 112 valence electrons. The number of hydrogen-bond acceptors (Lipinski definition) is 4. The van der Waals surface area contributed by atoms with Gasteiger partial charge in [0.1, 0.15) is 0 Å². The van der Waals surface area contributed by atoms with Crippen LogP contribution in [-0.2, 0) is 4.74 Å². The van der Waals surface area contributed by atoms with E-state index in [1.54, 1.807) is 0 Å². The smallest absolute Gasteiger partial charge is 0.0574 e. The molecule has 0 aromatic heterocycles. The summed E-state index contributed by atoms with van der Waals surface area (Å²) in [6, 6.07) is 0.737. The van der Waals surface area contributed by atoms with Crippen molar-refractivity contribution < 1.29 is 4.74 Å². The zero-order valence-corrected chi connectivity index (χ0v) is 12.7. The molecule has 0 aromatic rings. The van der Waals surface area contributed by atoms with E-state index in [0.29, 0.717) is 12.3 Å². The van der Waals surface area contributed by atoms with Gasteiger partial charge >= 0.3 is 0 Å². The topological polar surface area (TPSA) is 41.7 Å². The van der Waals surface area contributed by atoms with E-state index in [4.69, 9.17) is 10.5 Å². The van der Waals surface area contributed by atoms with Gasteiger partial charge in [0.05, 0.1) is 12.3 Å². The molecule has 19 heavy (non-hydrogen) atoms. The van der Waals surface area contributed by atoms with E-state index >= 15 is 0 Å². The largest absolute Gasteiger partial charge is 0.379 e. The van der Waals surface area contributed by atoms with Crippen LogP contribution < -0.4 is 5.73 Å². The second-order valence-electron chi connectivity index (χ2n) is 6.29. The highest BCUT2D eigenvalue weighted by atomic mass is 16.5. The van der Waals surface area contributed by atoms with Crippen molar-refractivity contribution in [2.75, 3.05) is 32.8 Å². The Morgan fingerprint density at radius 1 is 1.16 bits per heavy atom. The first-order valence-electron chi connectivity index (χ1n) is 8.02. The van der Waals surface area contributed by atoms with Gasteiger partial charge in [0.15, 0.2) is 0 Å². The molecule has 4 nitrogen and oxygen atoms in total. The van der Waals surface area contributed by atoms with E-state index in [1.165, 1.54) is 51.9 Å². The molecule has 0 unspecified atom stereocenters. The summed E-state index contributed by atoms with van der Waals surface area (Å²) in [5.74, 6) is 0. The highest BCUT2D eigenvalue weighted by molar-refractivity contribution is 4.85. The number of ether oxygens (including phenoxy) is 1. The summed E-state index contributed by atoms with van der Waals surface area (Å²) in [4.78, 5) is 5.13. The van der Waals surface area contributed by atoms with Crippen LogP contribution in [-0.4, -0.2) is 60.9 Å². The number of rotatable bonds is 6. The van der Waals surface area contributed by atoms with Gasteiger partial charge in [-0.1, -0.05) is 0 Å². The third kappa shape index (κ3) is 4.71. The molecule has 0 amide bonds. The van der Waals surface area contributed by atoms with Gasteiger partial charge in [-0.25, -0.2) is 0 Å². The fourth-order valence-corrected chi connectivity index (χ4v) is 3.35. The summed E-state index contributed by atoms with van der Waals surface area (Å²) < 4.78 is 5.60. The molecule has 2 aliphatic rings. The van der Waals surface area contributed by atoms with Crippen molar-refractivity contribution in [3.8, 4) is 0 Å². The normalized spacial score (nSPS) is 27.5. The molecule has 2 fully saturated rings. The molecule has 2 N–H and O–H groups in total. The van der Waals surface area contributed by atoms with Crippen molar-refractivity contribution in [1.29, 1.82) is 0 Å². The lowest BCUT2D eigenvalue weighted by atomic mass is 10.0. The molecule has 1 atom stereocenters. The number of nitrogens with zero attached hydrogens (tertiary/aromatic N) is 2. The summed E-state index contributed by atoms with van der Waals surface area (Å²) in [6.45, 7) is 9.97. The zero-order valence-electron chi connectivity index (χ0n) is 12.7. The SMILES string of the molecule is CC(C)OCCCN1CCC(N2CCC[C@H]2N)CC1. The first kappa shape index (κ1) is 15.2. The lowest BCUT2D eigenvalue weighted by Crippen LogP contribution is -2.49. The monoisotopic (exact) mass is 269 g/mol. The predicted octanol–water partition coefficient (Wildman–Crippen LogP) is 1.65. The molecule has 2 rings (SSSR count). The number of hydrogen-bond donors (Lipinski definition) is 1. The van der Waals surface area contributed by atoms with Crippen molar-refractivity contribution in [2.24, 2.45) is 5.73 Å². The van der Waals surface area contributed by atoms with Crippen LogP contribution in [0.2, 0.25) is 0 Å². The van der Waals surface area contributed by atoms with Crippen LogP contribution in [0.4, 0.5) is 0 Å². The summed E-state index contributed by atoms with van der Waals surface area (Å²) in [5.41, 5.74) is 6.17. The highest BCUT2D eigenvalue weighted by Gasteiger charge is 2.30. The predicted molar refractivity (Wildman–Crippen MR) is 79.1 cm³/mol. The van der Waals surface area contributed by atoms with Crippen LogP contribution in [0.15, 0.2) is 0 Å². The molecule has 0 spiro atoms. The minimum absolute atomic E-state index is 0.330.